The van der Waals surface area contributed by atoms with Crippen LogP contribution in [0.5, 0.6) is 5.75 Å². The van der Waals surface area contributed by atoms with Crippen LogP contribution in [-0.2, 0) is 4.79 Å². The van der Waals surface area contributed by atoms with Gasteiger partial charge in [0.1, 0.15) is 11.8 Å². The van der Waals surface area contributed by atoms with Crippen molar-refractivity contribution in [3.63, 3.8) is 0 Å². The summed E-state index contributed by atoms with van der Waals surface area (Å²) < 4.78 is 5.18. The molecule has 1 N–H and O–H groups in total. The number of ether oxygens (including phenoxy) is 1. The van der Waals surface area contributed by atoms with Gasteiger partial charge in [-0.15, -0.1) is 0 Å². The zero-order valence-corrected chi connectivity index (χ0v) is 15.0. The summed E-state index contributed by atoms with van der Waals surface area (Å²) >= 11 is 6.20. The summed E-state index contributed by atoms with van der Waals surface area (Å²) in [6, 6.07) is 14.6. The Kier molecular flexibility index (Phi) is 6.50. The Morgan fingerprint density at radius 1 is 1.17 bits per heavy atom. The van der Waals surface area contributed by atoms with E-state index in [0.29, 0.717) is 23.9 Å². The van der Waals surface area contributed by atoms with Crippen molar-refractivity contribution >= 4 is 23.2 Å². The number of likely N-dealkylation sites (N-methyl/N-ethyl adjacent to an activating group) is 1. The number of hydrogen-bond donors (Lipinski definition) is 1. The second kappa shape index (κ2) is 8.60. The molecule has 0 saturated carbocycles. The minimum atomic E-state index is -0.462. The van der Waals surface area contributed by atoms with Crippen molar-refractivity contribution in [3.8, 4) is 5.75 Å². The average molecular weight is 347 g/mol. The number of hydrogen-bond acceptors (Lipinski definition) is 3. The minimum Gasteiger partial charge on any atom is -0.495 e. The van der Waals surface area contributed by atoms with Gasteiger partial charge in [-0.25, -0.2) is 0 Å². The number of halogens is 1. The molecule has 0 bridgehead atoms. The predicted octanol–water partition coefficient (Wildman–Crippen LogP) is 4.37. The van der Waals surface area contributed by atoms with E-state index in [1.807, 2.05) is 55.1 Å². The van der Waals surface area contributed by atoms with Crippen molar-refractivity contribution < 1.29 is 9.53 Å². The number of methoxy groups -OCH3 is 1. The molecule has 1 atom stereocenters. The van der Waals surface area contributed by atoms with Crippen molar-refractivity contribution in [3.05, 3.63) is 59.1 Å². The van der Waals surface area contributed by atoms with Crippen LogP contribution in [0.15, 0.2) is 48.5 Å². The highest BCUT2D eigenvalue weighted by atomic mass is 35.5. The van der Waals surface area contributed by atoms with Gasteiger partial charge >= 0.3 is 0 Å². The first-order valence-corrected chi connectivity index (χ1v) is 8.42. The lowest BCUT2D eigenvalue weighted by Gasteiger charge is -2.27. The highest BCUT2D eigenvalue weighted by Crippen LogP contribution is 2.29. The topological polar surface area (TPSA) is 41.6 Å². The Hall–Kier alpha value is -2.20. The van der Waals surface area contributed by atoms with Gasteiger partial charge in [0.15, 0.2) is 0 Å². The third kappa shape index (κ3) is 4.20. The van der Waals surface area contributed by atoms with Crippen LogP contribution in [0.3, 0.4) is 0 Å². The second-order valence-electron chi connectivity index (χ2n) is 5.35. The standard InChI is InChI=1S/C19H23ClN2O2/c1-4-22(5-2)19(23)18(14-9-7-6-8-10-14)21-15-11-12-17(24-3)16(20)13-15/h6-13,18,21H,4-5H2,1-3H3. The molecular weight excluding hydrogens is 324 g/mol. The molecule has 0 spiro atoms. The Balaban J connectivity index is 2.33. The van der Waals surface area contributed by atoms with Gasteiger partial charge in [-0.05, 0) is 37.6 Å². The number of carbonyl (C=O) groups is 1. The van der Waals surface area contributed by atoms with E-state index in [1.54, 1.807) is 19.2 Å². The van der Waals surface area contributed by atoms with Crippen LogP contribution in [0, 0.1) is 0 Å². The van der Waals surface area contributed by atoms with E-state index in [0.717, 1.165) is 11.3 Å². The van der Waals surface area contributed by atoms with E-state index < -0.39 is 6.04 Å². The molecule has 0 radical (unpaired) electrons. The lowest BCUT2D eigenvalue weighted by atomic mass is 10.0. The highest BCUT2D eigenvalue weighted by Gasteiger charge is 2.24. The van der Waals surface area contributed by atoms with Crippen molar-refractivity contribution in [1.82, 2.24) is 4.90 Å². The summed E-state index contributed by atoms with van der Waals surface area (Å²) in [6.45, 7) is 5.30. The fourth-order valence-corrected chi connectivity index (χ4v) is 2.83. The molecule has 0 heterocycles. The molecule has 5 heteroatoms. The third-order valence-electron chi connectivity index (χ3n) is 3.92. The molecule has 2 aromatic carbocycles. The quantitative estimate of drug-likeness (QED) is 0.809. The van der Waals surface area contributed by atoms with Gasteiger partial charge < -0.3 is 15.0 Å². The van der Waals surface area contributed by atoms with Gasteiger partial charge in [-0.2, -0.15) is 0 Å². The molecule has 0 aliphatic rings. The number of carbonyl (C=O) groups excluding carboxylic acids is 1. The lowest BCUT2D eigenvalue weighted by molar-refractivity contribution is -0.131. The Morgan fingerprint density at radius 3 is 2.38 bits per heavy atom. The molecule has 0 fully saturated rings. The Labute approximate surface area is 148 Å². The number of nitrogens with zero attached hydrogens (tertiary/aromatic N) is 1. The molecule has 0 aliphatic heterocycles. The van der Waals surface area contributed by atoms with Crippen LogP contribution >= 0.6 is 11.6 Å². The number of amides is 1. The summed E-state index contributed by atoms with van der Waals surface area (Å²) in [5.41, 5.74) is 1.69. The van der Waals surface area contributed by atoms with Gasteiger partial charge in [0.25, 0.3) is 0 Å². The summed E-state index contributed by atoms with van der Waals surface area (Å²) in [4.78, 5) is 14.7. The minimum absolute atomic E-state index is 0.0399. The SMILES string of the molecule is CCN(CC)C(=O)C(Nc1ccc(OC)c(Cl)c1)c1ccccc1. The monoisotopic (exact) mass is 346 g/mol. The van der Waals surface area contributed by atoms with E-state index in [-0.39, 0.29) is 5.91 Å². The highest BCUT2D eigenvalue weighted by molar-refractivity contribution is 6.32. The van der Waals surface area contributed by atoms with Crippen LogP contribution < -0.4 is 10.1 Å². The molecule has 4 nitrogen and oxygen atoms in total. The summed E-state index contributed by atoms with van der Waals surface area (Å²) in [5, 5.41) is 3.81. The molecule has 24 heavy (non-hydrogen) atoms. The molecule has 1 unspecified atom stereocenters. The maximum atomic E-state index is 12.9. The van der Waals surface area contributed by atoms with Crippen molar-refractivity contribution in [2.75, 3.05) is 25.5 Å². The first-order valence-electron chi connectivity index (χ1n) is 8.04. The van der Waals surface area contributed by atoms with E-state index in [2.05, 4.69) is 5.32 Å². The van der Waals surface area contributed by atoms with Crippen LogP contribution in [0.4, 0.5) is 5.69 Å². The second-order valence-corrected chi connectivity index (χ2v) is 5.76. The van der Waals surface area contributed by atoms with Crippen molar-refractivity contribution in [1.29, 1.82) is 0 Å². The van der Waals surface area contributed by atoms with Crippen molar-refractivity contribution in [2.24, 2.45) is 0 Å². The Morgan fingerprint density at radius 2 is 1.83 bits per heavy atom. The number of nitrogens with one attached hydrogen (secondary N) is 1. The number of rotatable bonds is 7. The summed E-state index contributed by atoms with van der Waals surface area (Å²) in [5.74, 6) is 0.645. The molecule has 1 amide bonds. The summed E-state index contributed by atoms with van der Waals surface area (Å²) in [6.07, 6.45) is 0. The van der Waals surface area contributed by atoms with Gasteiger partial charge in [-0.1, -0.05) is 41.9 Å². The van der Waals surface area contributed by atoms with Crippen LogP contribution in [-0.4, -0.2) is 31.0 Å². The molecule has 0 aromatic heterocycles. The lowest BCUT2D eigenvalue weighted by Crippen LogP contribution is -2.37. The smallest absolute Gasteiger partial charge is 0.249 e. The normalized spacial score (nSPS) is 11.7. The maximum absolute atomic E-state index is 12.9. The molecule has 2 rings (SSSR count). The van der Waals surface area contributed by atoms with E-state index in [4.69, 9.17) is 16.3 Å². The van der Waals surface area contributed by atoms with Crippen molar-refractivity contribution in [2.45, 2.75) is 19.9 Å². The first-order chi connectivity index (χ1) is 11.6. The van der Waals surface area contributed by atoms with Gasteiger partial charge in [-0.3, -0.25) is 4.79 Å². The van der Waals surface area contributed by atoms with Crippen LogP contribution in [0.25, 0.3) is 0 Å². The number of anilines is 1. The molecule has 2 aromatic rings. The zero-order valence-electron chi connectivity index (χ0n) is 14.3. The number of benzene rings is 2. The fraction of sp³-hybridized carbons (Fsp3) is 0.316. The largest absolute Gasteiger partial charge is 0.495 e. The van der Waals surface area contributed by atoms with Crippen LogP contribution in [0.1, 0.15) is 25.5 Å². The predicted molar refractivity (Wildman–Crippen MR) is 98.7 cm³/mol. The maximum Gasteiger partial charge on any atom is 0.249 e. The van der Waals surface area contributed by atoms with Gasteiger partial charge in [0.2, 0.25) is 5.91 Å². The molecule has 128 valence electrons. The summed E-state index contributed by atoms with van der Waals surface area (Å²) in [7, 11) is 1.57. The fourth-order valence-electron chi connectivity index (χ4n) is 2.57. The third-order valence-corrected chi connectivity index (χ3v) is 4.21. The average Bonchev–Trinajstić information content (AvgIpc) is 2.61. The molecule has 0 saturated heterocycles. The van der Waals surface area contributed by atoms with Crippen LogP contribution in [0.2, 0.25) is 5.02 Å². The zero-order chi connectivity index (χ0) is 17.5. The molecular formula is C19H23ClN2O2. The Bertz CT molecular complexity index is 672. The van der Waals surface area contributed by atoms with E-state index in [1.165, 1.54) is 0 Å². The van der Waals surface area contributed by atoms with E-state index >= 15 is 0 Å². The van der Waals surface area contributed by atoms with Gasteiger partial charge in [0.05, 0.1) is 12.1 Å². The first kappa shape index (κ1) is 18.1. The van der Waals surface area contributed by atoms with Gasteiger partial charge in [0, 0.05) is 18.8 Å². The van der Waals surface area contributed by atoms with E-state index in [9.17, 15) is 4.79 Å². The molecule has 0 aliphatic carbocycles.